The average molecular weight is 316 g/mol. The van der Waals surface area contributed by atoms with Gasteiger partial charge in [0.25, 0.3) is 0 Å². The first-order valence-corrected chi connectivity index (χ1v) is 5.51. The van der Waals surface area contributed by atoms with Gasteiger partial charge in [0.1, 0.15) is 0 Å². The molecule has 0 aromatic carbocycles. The molecule has 1 amide bonds. The molecule has 0 aliphatic heterocycles. The molecule has 0 saturated carbocycles. The zero-order valence-corrected chi connectivity index (χ0v) is 9.96. The van der Waals surface area contributed by atoms with Gasteiger partial charge >= 0.3 is 6.09 Å². The van der Waals surface area contributed by atoms with Crippen molar-refractivity contribution in [3.8, 4) is 12.3 Å². The highest BCUT2D eigenvalue weighted by Gasteiger charge is 2.11. The van der Waals surface area contributed by atoms with E-state index < -0.39 is 6.09 Å². The Hall–Kier alpha value is -0.150. The summed E-state index contributed by atoms with van der Waals surface area (Å²) in [6, 6.07) is 0. The van der Waals surface area contributed by atoms with E-state index in [1.165, 1.54) is 4.90 Å². The van der Waals surface area contributed by atoms with Crippen molar-refractivity contribution in [2.75, 3.05) is 19.0 Å². The number of carbonyl (C=O) groups is 1. The molecule has 0 saturated heterocycles. The molecule has 0 aliphatic carbocycles. The summed E-state index contributed by atoms with van der Waals surface area (Å²) < 4.78 is 0.291. The minimum atomic E-state index is -0.976. The minimum absolute atomic E-state index is 0.140. The van der Waals surface area contributed by atoms with Crippen molar-refractivity contribution >= 4 is 40.3 Å². The van der Waals surface area contributed by atoms with Crippen molar-refractivity contribution < 1.29 is 9.90 Å². The normalized spacial score (nSPS) is 11.8. The van der Waals surface area contributed by atoms with Gasteiger partial charge in [-0.3, -0.25) is 4.90 Å². The zero-order valence-electron chi connectivity index (χ0n) is 7.04. The van der Waals surface area contributed by atoms with E-state index in [1.807, 2.05) is 0 Å². The summed E-state index contributed by atoms with van der Waals surface area (Å²) in [5.41, 5.74) is 0. The predicted octanol–water partition coefficient (Wildman–Crippen LogP) is 2.03. The topological polar surface area (TPSA) is 40.5 Å². The lowest BCUT2D eigenvalue weighted by molar-refractivity contribution is 0.151. The highest BCUT2D eigenvalue weighted by Crippen LogP contribution is 2.08. The first-order valence-electron chi connectivity index (χ1n) is 3.73. The fourth-order valence-corrected chi connectivity index (χ4v) is 1.16. The quantitative estimate of drug-likeness (QED) is 0.479. The summed E-state index contributed by atoms with van der Waals surface area (Å²) in [6.45, 7) is 0.584. The van der Waals surface area contributed by atoms with E-state index >= 15 is 0 Å². The summed E-state index contributed by atoms with van der Waals surface area (Å²) in [5.74, 6) is 2.83. The Balaban J connectivity index is 3.84. The van der Waals surface area contributed by atoms with Crippen LogP contribution in [-0.2, 0) is 0 Å². The Morgan fingerprint density at radius 1 is 1.77 bits per heavy atom. The van der Waals surface area contributed by atoms with Gasteiger partial charge in [-0.2, -0.15) is 0 Å². The smallest absolute Gasteiger partial charge is 0.408 e. The lowest BCUT2D eigenvalue weighted by atomic mass is 10.3. The maximum atomic E-state index is 10.6. The number of amides is 1. The lowest BCUT2D eigenvalue weighted by Crippen LogP contribution is -2.32. The maximum Gasteiger partial charge on any atom is 0.408 e. The summed E-state index contributed by atoms with van der Waals surface area (Å²) >= 11 is 7.77. The summed E-state index contributed by atoms with van der Waals surface area (Å²) in [6.07, 6.45) is 4.78. The molecule has 1 atom stereocenters. The molecule has 0 heterocycles. The van der Waals surface area contributed by atoms with Crippen LogP contribution in [0.15, 0.2) is 0 Å². The number of carboxylic acid groups (broad SMARTS) is 1. The number of hydrogen-bond acceptors (Lipinski definition) is 1. The highest BCUT2D eigenvalue weighted by molar-refractivity contribution is 14.1. The van der Waals surface area contributed by atoms with Crippen molar-refractivity contribution in [1.82, 2.24) is 4.90 Å². The Bertz CT molecular complexity index is 205. The van der Waals surface area contributed by atoms with Gasteiger partial charge in [0, 0.05) is 16.3 Å². The fraction of sp³-hybridized carbons (Fsp3) is 0.625. The van der Waals surface area contributed by atoms with Crippen LogP contribution in [0.4, 0.5) is 4.79 Å². The van der Waals surface area contributed by atoms with E-state index in [0.29, 0.717) is 16.3 Å². The predicted molar refractivity (Wildman–Crippen MR) is 61.6 cm³/mol. The molecule has 0 aromatic heterocycles. The number of halogens is 2. The molecule has 5 heteroatoms. The molecule has 0 fully saturated rings. The van der Waals surface area contributed by atoms with Crippen molar-refractivity contribution in [2.24, 2.45) is 0 Å². The zero-order chi connectivity index (χ0) is 10.3. The van der Waals surface area contributed by atoms with E-state index in [1.54, 1.807) is 0 Å². The van der Waals surface area contributed by atoms with Gasteiger partial charge in [-0.25, -0.2) is 4.79 Å². The molecule has 0 spiro atoms. The van der Waals surface area contributed by atoms with Crippen molar-refractivity contribution in [1.29, 1.82) is 0 Å². The largest absolute Gasteiger partial charge is 0.465 e. The van der Waals surface area contributed by atoms with Crippen LogP contribution in [0.5, 0.6) is 0 Å². The summed E-state index contributed by atoms with van der Waals surface area (Å²) in [5, 5.41) is 8.68. The average Bonchev–Trinajstić information content (AvgIpc) is 2.11. The SMILES string of the molecule is C#CCN(CCC(I)CCl)C(=O)O. The second-order valence-corrected chi connectivity index (χ2v) is 4.52. The molecule has 74 valence electrons. The summed E-state index contributed by atoms with van der Waals surface area (Å²) in [7, 11) is 0. The second kappa shape index (κ2) is 7.27. The van der Waals surface area contributed by atoms with Crippen molar-refractivity contribution in [3.05, 3.63) is 0 Å². The van der Waals surface area contributed by atoms with Crippen LogP contribution in [0, 0.1) is 12.3 Å². The number of hydrogen-bond donors (Lipinski definition) is 1. The maximum absolute atomic E-state index is 10.6. The van der Waals surface area contributed by atoms with Crippen LogP contribution < -0.4 is 0 Å². The monoisotopic (exact) mass is 315 g/mol. The van der Waals surface area contributed by atoms with Crippen LogP contribution in [0.3, 0.4) is 0 Å². The van der Waals surface area contributed by atoms with Crippen LogP contribution >= 0.6 is 34.2 Å². The molecule has 0 aromatic rings. The molecule has 1 N–H and O–H groups in total. The van der Waals surface area contributed by atoms with E-state index in [2.05, 4.69) is 28.5 Å². The van der Waals surface area contributed by atoms with E-state index in [4.69, 9.17) is 23.1 Å². The third-order valence-electron chi connectivity index (χ3n) is 1.43. The summed E-state index contributed by atoms with van der Waals surface area (Å²) in [4.78, 5) is 11.8. The molecule has 0 bridgehead atoms. The molecular weight excluding hydrogens is 304 g/mol. The molecule has 13 heavy (non-hydrogen) atoms. The van der Waals surface area contributed by atoms with Gasteiger partial charge in [0.15, 0.2) is 0 Å². The lowest BCUT2D eigenvalue weighted by Gasteiger charge is -2.17. The molecule has 1 unspecified atom stereocenters. The Kier molecular flexibility index (Phi) is 7.19. The number of rotatable bonds is 5. The molecule has 0 rings (SSSR count). The highest BCUT2D eigenvalue weighted by atomic mass is 127. The first kappa shape index (κ1) is 12.8. The first-order chi connectivity index (χ1) is 6.11. The molecule has 3 nitrogen and oxygen atoms in total. The van der Waals surface area contributed by atoms with Crippen molar-refractivity contribution in [2.45, 2.75) is 10.3 Å². The van der Waals surface area contributed by atoms with Gasteiger partial charge in [0.05, 0.1) is 6.54 Å². The van der Waals surface area contributed by atoms with Crippen LogP contribution in [0.2, 0.25) is 0 Å². The van der Waals surface area contributed by atoms with Gasteiger partial charge in [-0.05, 0) is 6.42 Å². The van der Waals surface area contributed by atoms with Gasteiger partial charge in [-0.1, -0.05) is 28.5 Å². The van der Waals surface area contributed by atoms with E-state index in [-0.39, 0.29) is 6.54 Å². The van der Waals surface area contributed by atoms with Crippen LogP contribution in [0.1, 0.15) is 6.42 Å². The number of nitrogens with zero attached hydrogens (tertiary/aromatic N) is 1. The van der Waals surface area contributed by atoms with Gasteiger partial charge in [-0.15, -0.1) is 18.0 Å². The third-order valence-corrected chi connectivity index (χ3v) is 3.39. The van der Waals surface area contributed by atoms with E-state index in [0.717, 1.165) is 6.42 Å². The van der Waals surface area contributed by atoms with Crippen LogP contribution in [0.25, 0.3) is 0 Å². The number of terminal acetylenes is 1. The number of alkyl halides is 2. The molecular formula is C8H11ClINO2. The Morgan fingerprint density at radius 2 is 2.38 bits per heavy atom. The van der Waals surface area contributed by atoms with Gasteiger partial charge < -0.3 is 5.11 Å². The Labute approximate surface area is 96.6 Å². The standard InChI is InChI=1S/C8H11ClINO2/c1-2-4-11(8(12)13)5-3-7(10)6-9/h1,7H,3-6H2,(H,12,13). The Morgan fingerprint density at radius 3 is 2.77 bits per heavy atom. The van der Waals surface area contributed by atoms with Gasteiger partial charge in [0.2, 0.25) is 0 Å². The van der Waals surface area contributed by atoms with E-state index in [9.17, 15) is 4.79 Å². The minimum Gasteiger partial charge on any atom is -0.465 e. The van der Waals surface area contributed by atoms with Crippen LogP contribution in [-0.4, -0.2) is 39.0 Å². The third kappa shape index (κ3) is 5.99. The molecule has 0 aliphatic rings. The van der Waals surface area contributed by atoms with Crippen molar-refractivity contribution in [3.63, 3.8) is 0 Å². The molecule has 0 radical (unpaired) electrons. The fourth-order valence-electron chi connectivity index (χ4n) is 0.726. The second-order valence-electron chi connectivity index (χ2n) is 2.45.